The van der Waals surface area contributed by atoms with E-state index in [1.807, 2.05) is 24.3 Å². The van der Waals surface area contributed by atoms with E-state index in [-0.39, 0.29) is 5.57 Å². The molecule has 0 radical (unpaired) electrons. The lowest BCUT2D eigenvalue weighted by molar-refractivity contribution is -0.122. The smallest absolute Gasteiger partial charge is 0.335 e. The Kier molecular flexibility index (Phi) is 6.34. The lowest BCUT2D eigenvalue weighted by atomic mass is 10.1. The number of hydrogen-bond acceptors (Lipinski definition) is 6. The summed E-state index contributed by atoms with van der Waals surface area (Å²) in [6.07, 6.45) is 1.33. The standard InChI is InChI=1S/C23H17ClN2O5S/c1-30-17-8-6-16(7-9-17)26-22(28)19(21(27)25-23(26)29)12-18-10-11-20(31-18)32-13-14-2-4-15(24)5-3-14/h2-12H,13H2,1H3,(H,25,27,29). The van der Waals surface area contributed by atoms with Gasteiger partial charge in [-0.25, -0.2) is 9.69 Å². The van der Waals surface area contributed by atoms with Crippen molar-refractivity contribution in [1.29, 1.82) is 0 Å². The third-order valence-corrected chi connectivity index (χ3v) is 5.85. The summed E-state index contributed by atoms with van der Waals surface area (Å²) >= 11 is 7.36. The summed E-state index contributed by atoms with van der Waals surface area (Å²) < 4.78 is 10.8. The zero-order valence-electron chi connectivity index (χ0n) is 16.8. The molecule has 32 heavy (non-hydrogen) atoms. The monoisotopic (exact) mass is 468 g/mol. The first kappa shape index (κ1) is 21.7. The van der Waals surface area contributed by atoms with Crippen molar-refractivity contribution in [2.75, 3.05) is 12.0 Å². The Morgan fingerprint density at radius 2 is 1.75 bits per heavy atom. The zero-order chi connectivity index (χ0) is 22.7. The number of benzene rings is 2. The van der Waals surface area contributed by atoms with E-state index in [0.717, 1.165) is 10.5 Å². The third-order valence-electron chi connectivity index (χ3n) is 4.62. The second kappa shape index (κ2) is 9.33. The van der Waals surface area contributed by atoms with Gasteiger partial charge in [0.25, 0.3) is 11.8 Å². The molecule has 9 heteroatoms. The minimum absolute atomic E-state index is 0.205. The highest BCUT2D eigenvalue weighted by atomic mass is 35.5. The third kappa shape index (κ3) is 4.71. The van der Waals surface area contributed by atoms with Crippen molar-refractivity contribution < 1.29 is 23.5 Å². The van der Waals surface area contributed by atoms with Crippen LogP contribution in [-0.4, -0.2) is 25.0 Å². The molecule has 0 atom stereocenters. The molecule has 2 aromatic carbocycles. The molecule has 7 nitrogen and oxygen atoms in total. The Labute approximate surface area is 193 Å². The topological polar surface area (TPSA) is 88.8 Å². The van der Waals surface area contributed by atoms with E-state index < -0.39 is 17.8 Å². The molecule has 3 aromatic rings. The minimum atomic E-state index is -0.819. The zero-order valence-corrected chi connectivity index (χ0v) is 18.4. The Balaban J connectivity index is 1.52. The number of methoxy groups -OCH3 is 1. The first-order valence-corrected chi connectivity index (χ1v) is 10.8. The number of nitrogens with one attached hydrogen (secondary N) is 1. The Morgan fingerprint density at radius 3 is 2.44 bits per heavy atom. The van der Waals surface area contributed by atoms with E-state index in [1.165, 1.54) is 24.9 Å². The van der Waals surface area contributed by atoms with Crippen molar-refractivity contribution in [1.82, 2.24) is 5.32 Å². The molecule has 2 heterocycles. The molecule has 0 spiro atoms. The summed E-state index contributed by atoms with van der Waals surface area (Å²) in [6.45, 7) is 0. The van der Waals surface area contributed by atoms with Gasteiger partial charge in [0.2, 0.25) is 0 Å². The van der Waals surface area contributed by atoms with Crippen LogP contribution in [0.2, 0.25) is 5.02 Å². The molecule has 4 rings (SSSR count). The second-order valence-corrected chi connectivity index (χ2v) is 8.14. The van der Waals surface area contributed by atoms with E-state index in [0.29, 0.717) is 33.1 Å². The van der Waals surface area contributed by atoms with E-state index in [1.54, 1.807) is 36.4 Å². The van der Waals surface area contributed by atoms with Crippen LogP contribution in [0.25, 0.3) is 6.08 Å². The van der Waals surface area contributed by atoms with Crippen LogP contribution in [-0.2, 0) is 15.3 Å². The average molecular weight is 469 g/mol. The molecular weight excluding hydrogens is 452 g/mol. The number of halogens is 1. The second-order valence-electron chi connectivity index (χ2n) is 6.73. The van der Waals surface area contributed by atoms with Gasteiger partial charge >= 0.3 is 6.03 Å². The summed E-state index contributed by atoms with van der Waals surface area (Å²) in [6, 6.07) is 16.4. The fraction of sp³-hybridized carbons (Fsp3) is 0.0870. The van der Waals surface area contributed by atoms with Gasteiger partial charge in [-0.15, -0.1) is 0 Å². The van der Waals surface area contributed by atoms with Crippen molar-refractivity contribution in [3.8, 4) is 5.75 Å². The predicted octanol–water partition coefficient (Wildman–Crippen LogP) is 4.90. The van der Waals surface area contributed by atoms with Gasteiger partial charge in [-0.3, -0.25) is 14.9 Å². The number of rotatable bonds is 6. The molecule has 1 saturated heterocycles. The van der Waals surface area contributed by atoms with Gasteiger partial charge in [0, 0.05) is 10.8 Å². The van der Waals surface area contributed by atoms with E-state index in [4.69, 9.17) is 20.8 Å². The molecule has 0 aliphatic carbocycles. The number of amides is 4. The quantitative estimate of drug-likeness (QED) is 0.314. The van der Waals surface area contributed by atoms with Gasteiger partial charge in [-0.05, 0) is 60.2 Å². The van der Waals surface area contributed by atoms with Crippen LogP contribution in [0, 0.1) is 0 Å². The van der Waals surface area contributed by atoms with Crippen LogP contribution >= 0.6 is 23.4 Å². The first-order valence-electron chi connectivity index (χ1n) is 9.47. The SMILES string of the molecule is COc1ccc(N2C(=O)NC(=O)C(=Cc3ccc(SCc4ccc(Cl)cc4)o3)C2=O)cc1. The Hall–Kier alpha value is -3.49. The number of imide groups is 2. The normalized spacial score (nSPS) is 15.2. The van der Waals surface area contributed by atoms with Crippen LogP contribution in [0.5, 0.6) is 5.75 Å². The maximum atomic E-state index is 12.9. The van der Waals surface area contributed by atoms with Crippen molar-refractivity contribution in [3.63, 3.8) is 0 Å². The number of carbonyl (C=O) groups excluding carboxylic acids is 3. The fourth-order valence-electron chi connectivity index (χ4n) is 2.99. The maximum absolute atomic E-state index is 12.9. The number of thioether (sulfide) groups is 1. The number of anilines is 1. The van der Waals surface area contributed by atoms with Gasteiger partial charge in [-0.2, -0.15) is 0 Å². The molecule has 1 N–H and O–H groups in total. The van der Waals surface area contributed by atoms with Crippen LogP contribution in [0.4, 0.5) is 10.5 Å². The predicted molar refractivity (Wildman–Crippen MR) is 122 cm³/mol. The Morgan fingerprint density at radius 1 is 1.03 bits per heavy atom. The molecule has 1 aliphatic heterocycles. The summed E-state index contributed by atoms with van der Waals surface area (Å²) in [5.41, 5.74) is 1.18. The molecule has 1 fully saturated rings. The molecule has 1 aliphatic rings. The molecular formula is C23H17ClN2O5S. The number of ether oxygens (including phenoxy) is 1. The fourth-order valence-corrected chi connectivity index (χ4v) is 3.94. The van der Waals surface area contributed by atoms with Crippen LogP contribution in [0.1, 0.15) is 11.3 Å². The molecule has 162 valence electrons. The van der Waals surface area contributed by atoms with E-state index >= 15 is 0 Å². The van der Waals surface area contributed by atoms with E-state index in [9.17, 15) is 14.4 Å². The van der Waals surface area contributed by atoms with Gasteiger partial charge in [-0.1, -0.05) is 35.5 Å². The molecule has 0 bridgehead atoms. The molecule has 1 aromatic heterocycles. The van der Waals surface area contributed by atoms with Gasteiger partial charge in [0.15, 0.2) is 5.09 Å². The van der Waals surface area contributed by atoms with Gasteiger partial charge in [0.05, 0.1) is 12.8 Å². The van der Waals surface area contributed by atoms with Crippen LogP contribution < -0.4 is 15.0 Å². The highest BCUT2D eigenvalue weighted by Gasteiger charge is 2.37. The number of urea groups is 1. The highest BCUT2D eigenvalue weighted by Crippen LogP contribution is 2.28. The van der Waals surface area contributed by atoms with Crippen molar-refractivity contribution >= 4 is 53.0 Å². The van der Waals surface area contributed by atoms with Crippen LogP contribution in [0.3, 0.4) is 0 Å². The van der Waals surface area contributed by atoms with Crippen molar-refractivity contribution in [3.05, 3.63) is 82.6 Å². The highest BCUT2D eigenvalue weighted by molar-refractivity contribution is 7.98. The lowest BCUT2D eigenvalue weighted by Crippen LogP contribution is -2.54. The van der Waals surface area contributed by atoms with E-state index in [2.05, 4.69) is 5.32 Å². The average Bonchev–Trinajstić information content (AvgIpc) is 3.24. The summed E-state index contributed by atoms with van der Waals surface area (Å²) in [5, 5.41) is 3.48. The molecule has 4 amide bonds. The number of carbonyl (C=O) groups is 3. The molecule has 0 unspecified atom stereocenters. The maximum Gasteiger partial charge on any atom is 0.335 e. The van der Waals surface area contributed by atoms with Crippen LogP contribution in [0.15, 0.2) is 75.7 Å². The van der Waals surface area contributed by atoms with Crippen molar-refractivity contribution in [2.24, 2.45) is 0 Å². The first-order chi connectivity index (χ1) is 15.4. The number of barbiturate groups is 1. The summed E-state index contributed by atoms with van der Waals surface area (Å²) in [5.74, 6) is 0.0443. The minimum Gasteiger partial charge on any atom is -0.497 e. The van der Waals surface area contributed by atoms with Gasteiger partial charge < -0.3 is 9.15 Å². The number of hydrogen-bond donors (Lipinski definition) is 1. The number of furan rings is 1. The summed E-state index contributed by atoms with van der Waals surface area (Å²) in [4.78, 5) is 38.4. The largest absolute Gasteiger partial charge is 0.497 e. The summed E-state index contributed by atoms with van der Waals surface area (Å²) in [7, 11) is 1.51. The molecule has 0 saturated carbocycles. The Bertz CT molecular complexity index is 1200. The van der Waals surface area contributed by atoms with Crippen molar-refractivity contribution in [2.45, 2.75) is 10.8 Å². The van der Waals surface area contributed by atoms with Gasteiger partial charge in [0.1, 0.15) is 17.1 Å². The number of nitrogens with zero attached hydrogens (tertiary/aromatic N) is 1. The lowest BCUT2D eigenvalue weighted by Gasteiger charge is -2.26.